The molecule has 0 radical (unpaired) electrons. The van der Waals surface area contributed by atoms with Gasteiger partial charge in [0.1, 0.15) is 0 Å². The van der Waals surface area contributed by atoms with Gasteiger partial charge in [0, 0.05) is 18.9 Å². The van der Waals surface area contributed by atoms with Crippen LogP contribution in [0.3, 0.4) is 0 Å². The van der Waals surface area contributed by atoms with Crippen molar-refractivity contribution in [2.24, 2.45) is 4.99 Å². The number of unbranched alkanes of at least 4 members (excludes halogenated alkanes) is 1. The summed E-state index contributed by atoms with van der Waals surface area (Å²) in [6.07, 6.45) is 2.82. The predicted molar refractivity (Wildman–Crippen MR) is 97.5 cm³/mol. The minimum atomic E-state index is -0.295. The molecule has 1 aromatic carbocycles. The van der Waals surface area contributed by atoms with Crippen LogP contribution in [-0.2, 0) is 9.47 Å². The molecule has 5 nitrogen and oxygen atoms in total. The Bertz CT molecular complexity index is 496. The second-order valence-corrected chi connectivity index (χ2v) is 5.30. The van der Waals surface area contributed by atoms with Gasteiger partial charge in [-0.2, -0.15) is 0 Å². The van der Waals surface area contributed by atoms with Crippen molar-refractivity contribution in [2.45, 2.75) is 46.3 Å². The van der Waals surface area contributed by atoms with Gasteiger partial charge in [0.15, 0.2) is 17.8 Å². The van der Waals surface area contributed by atoms with Crippen LogP contribution in [-0.4, -0.2) is 46.0 Å². The first-order valence-electron chi connectivity index (χ1n) is 8.68. The fraction of sp³-hybridized carbons (Fsp3) is 0.632. The van der Waals surface area contributed by atoms with Crippen molar-refractivity contribution < 1.29 is 18.9 Å². The molecule has 5 heteroatoms. The first kappa shape index (κ1) is 20.5. The van der Waals surface area contributed by atoms with E-state index in [-0.39, 0.29) is 6.29 Å². The molecule has 136 valence electrons. The lowest BCUT2D eigenvalue weighted by Gasteiger charge is -2.16. The number of hydrogen-bond donors (Lipinski definition) is 0. The van der Waals surface area contributed by atoms with Crippen LogP contribution in [0.5, 0.6) is 11.5 Å². The second-order valence-electron chi connectivity index (χ2n) is 5.30. The van der Waals surface area contributed by atoms with E-state index in [0.29, 0.717) is 25.5 Å². The minimum absolute atomic E-state index is 0.295. The molecule has 24 heavy (non-hydrogen) atoms. The Morgan fingerprint density at radius 1 is 1.00 bits per heavy atom. The molecule has 0 saturated carbocycles. The van der Waals surface area contributed by atoms with Gasteiger partial charge in [0.2, 0.25) is 0 Å². The molecular formula is C19H31NO4. The topological polar surface area (TPSA) is 49.3 Å². The molecule has 0 aliphatic rings. The SMILES string of the molecule is CCCC/C(=N/CC(OCC)OCC)c1ccc(OC)c(OC)c1. The van der Waals surface area contributed by atoms with Crippen molar-refractivity contribution in [3.05, 3.63) is 23.8 Å². The van der Waals surface area contributed by atoms with Gasteiger partial charge in [0.05, 0.1) is 20.8 Å². The summed E-state index contributed by atoms with van der Waals surface area (Å²) in [7, 11) is 3.28. The summed E-state index contributed by atoms with van der Waals surface area (Å²) in [5.41, 5.74) is 2.09. The van der Waals surface area contributed by atoms with Crippen LogP contribution in [0.1, 0.15) is 45.6 Å². The fourth-order valence-electron chi connectivity index (χ4n) is 2.38. The number of hydrogen-bond acceptors (Lipinski definition) is 5. The summed E-state index contributed by atoms with van der Waals surface area (Å²) >= 11 is 0. The van der Waals surface area contributed by atoms with Gasteiger partial charge in [-0.25, -0.2) is 0 Å². The van der Waals surface area contributed by atoms with Crippen LogP contribution in [0.4, 0.5) is 0 Å². The van der Waals surface area contributed by atoms with E-state index in [2.05, 4.69) is 6.92 Å². The zero-order valence-corrected chi connectivity index (χ0v) is 15.6. The molecule has 0 heterocycles. The molecule has 0 aromatic heterocycles. The summed E-state index contributed by atoms with van der Waals surface area (Å²) in [5.74, 6) is 1.43. The van der Waals surface area contributed by atoms with Crippen molar-refractivity contribution in [1.82, 2.24) is 0 Å². The number of aliphatic imine (C=N–C) groups is 1. The largest absolute Gasteiger partial charge is 0.493 e. The van der Waals surface area contributed by atoms with Gasteiger partial charge in [-0.05, 0) is 50.5 Å². The molecule has 0 aliphatic carbocycles. The second kappa shape index (κ2) is 11.9. The van der Waals surface area contributed by atoms with Crippen LogP contribution in [0.15, 0.2) is 23.2 Å². The first-order chi connectivity index (χ1) is 11.7. The zero-order valence-electron chi connectivity index (χ0n) is 15.6. The van der Waals surface area contributed by atoms with Crippen LogP contribution in [0, 0.1) is 0 Å². The summed E-state index contributed by atoms with van der Waals surface area (Å²) in [4.78, 5) is 4.77. The lowest BCUT2D eigenvalue weighted by molar-refractivity contribution is -0.128. The van der Waals surface area contributed by atoms with Crippen molar-refractivity contribution in [3.8, 4) is 11.5 Å². The van der Waals surface area contributed by atoms with Gasteiger partial charge in [0.25, 0.3) is 0 Å². The monoisotopic (exact) mass is 337 g/mol. The van der Waals surface area contributed by atoms with E-state index in [9.17, 15) is 0 Å². The average Bonchev–Trinajstić information content (AvgIpc) is 2.61. The van der Waals surface area contributed by atoms with Gasteiger partial charge in [-0.1, -0.05) is 13.3 Å². The predicted octanol–water partition coefficient (Wildman–Crippen LogP) is 4.08. The Balaban J connectivity index is 3.00. The highest BCUT2D eigenvalue weighted by molar-refractivity contribution is 6.01. The molecule has 0 aliphatic heterocycles. The maximum Gasteiger partial charge on any atom is 0.176 e. The Morgan fingerprint density at radius 2 is 1.67 bits per heavy atom. The molecule has 0 spiro atoms. The normalized spacial score (nSPS) is 11.8. The first-order valence-corrected chi connectivity index (χ1v) is 8.68. The van der Waals surface area contributed by atoms with E-state index in [1.165, 1.54) is 0 Å². The highest BCUT2D eigenvalue weighted by Crippen LogP contribution is 2.28. The summed E-state index contributed by atoms with van der Waals surface area (Å²) in [5, 5.41) is 0. The molecule has 1 rings (SSSR count). The molecule has 0 amide bonds. The molecule has 0 atom stereocenters. The average molecular weight is 337 g/mol. The number of methoxy groups -OCH3 is 2. The van der Waals surface area contributed by atoms with Gasteiger partial charge < -0.3 is 18.9 Å². The number of nitrogens with zero attached hydrogens (tertiary/aromatic N) is 1. The fourth-order valence-corrected chi connectivity index (χ4v) is 2.38. The van der Waals surface area contributed by atoms with Crippen LogP contribution >= 0.6 is 0 Å². The Kier molecular flexibility index (Phi) is 10.1. The van der Waals surface area contributed by atoms with Gasteiger partial charge >= 0.3 is 0 Å². The van der Waals surface area contributed by atoms with Gasteiger partial charge in [-0.3, -0.25) is 4.99 Å². The highest BCUT2D eigenvalue weighted by atomic mass is 16.7. The number of rotatable bonds is 12. The van der Waals surface area contributed by atoms with Gasteiger partial charge in [-0.15, -0.1) is 0 Å². The minimum Gasteiger partial charge on any atom is -0.493 e. The molecular weight excluding hydrogens is 306 g/mol. The third-order valence-corrected chi connectivity index (χ3v) is 3.62. The molecule has 0 unspecified atom stereocenters. The molecule has 0 fully saturated rings. The molecule has 0 N–H and O–H groups in total. The quantitative estimate of drug-likeness (QED) is 0.426. The molecule has 1 aromatic rings. The van der Waals surface area contributed by atoms with E-state index in [0.717, 1.165) is 36.3 Å². The van der Waals surface area contributed by atoms with E-state index >= 15 is 0 Å². The lowest BCUT2D eigenvalue weighted by atomic mass is 10.0. The maximum atomic E-state index is 5.58. The molecule has 0 saturated heterocycles. The maximum absolute atomic E-state index is 5.58. The van der Waals surface area contributed by atoms with Crippen molar-refractivity contribution in [1.29, 1.82) is 0 Å². The van der Waals surface area contributed by atoms with Crippen molar-refractivity contribution in [2.75, 3.05) is 34.0 Å². The van der Waals surface area contributed by atoms with E-state index in [4.69, 9.17) is 23.9 Å². The summed E-state index contributed by atoms with van der Waals surface area (Å²) < 4.78 is 21.9. The Labute approximate surface area is 146 Å². The smallest absolute Gasteiger partial charge is 0.176 e. The number of ether oxygens (including phenoxy) is 4. The van der Waals surface area contributed by atoms with E-state index in [1.807, 2.05) is 32.0 Å². The summed E-state index contributed by atoms with van der Waals surface area (Å²) in [6, 6.07) is 5.91. The van der Waals surface area contributed by atoms with Crippen molar-refractivity contribution >= 4 is 5.71 Å². The Morgan fingerprint density at radius 3 is 2.21 bits per heavy atom. The molecule has 0 bridgehead atoms. The van der Waals surface area contributed by atoms with Crippen LogP contribution < -0.4 is 9.47 Å². The highest BCUT2D eigenvalue weighted by Gasteiger charge is 2.12. The van der Waals surface area contributed by atoms with Crippen LogP contribution in [0.2, 0.25) is 0 Å². The summed E-state index contributed by atoms with van der Waals surface area (Å²) in [6.45, 7) is 7.82. The van der Waals surface area contributed by atoms with E-state index in [1.54, 1.807) is 14.2 Å². The van der Waals surface area contributed by atoms with E-state index < -0.39 is 0 Å². The lowest BCUT2D eigenvalue weighted by Crippen LogP contribution is -2.21. The zero-order chi connectivity index (χ0) is 17.8. The number of benzene rings is 1. The van der Waals surface area contributed by atoms with Crippen LogP contribution in [0.25, 0.3) is 0 Å². The van der Waals surface area contributed by atoms with Crippen molar-refractivity contribution in [3.63, 3.8) is 0 Å². The third kappa shape index (κ3) is 6.49. The Hall–Kier alpha value is -1.59. The standard InChI is InChI=1S/C19H31NO4/c1-6-9-10-16(20-14-19(23-7-2)24-8-3)15-11-12-17(21-4)18(13-15)22-5/h11-13,19H,6-10,14H2,1-5H3/b20-16-. The third-order valence-electron chi connectivity index (χ3n) is 3.62.